The molecule has 26 heavy (non-hydrogen) atoms. The number of benzene rings is 1. The minimum atomic E-state index is -0.351. The van der Waals surface area contributed by atoms with Gasteiger partial charge in [0.15, 0.2) is 0 Å². The second-order valence-electron chi connectivity index (χ2n) is 5.89. The van der Waals surface area contributed by atoms with E-state index >= 15 is 0 Å². The minimum Gasteiger partial charge on any atom is -0.481 e. The van der Waals surface area contributed by atoms with Crippen molar-refractivity contribution in [2.24, 2.45) is 0 Å². The first-order valence-electron chi connectivity index (χ1n) is 8.34. The Hall–Kier alpha value is -2.90. The van der Waals surface area contributed by atoms with Crippen LogP contribution in [0.4, 0.5) is 10.3 Å². The summed E-state index contributed by atoms with van der Waals surface area (Å²) in [5.41, 5.74) is 0.417. The van der Waals surface area contributed by atoms with Crippen molar-refractivity contribution in [3.05, 3.63) is 41.7 Å². The third kappa shape index (κ3) is 4.01. The number of ether oxygens (including phenoxy) is 2. The Morgan fingerprint density at radius 3 is 2.27 bits per heavy atom. The average Bonchev–Trinajstić information content (AvgIpc) is 2.69. The summed E-state index contributed by atoms with van der Waals surface area (Å²) in [5.74, 6) is 0.910. The Morgan fingerprint density at radius 2 is 1.69 bits per heavy atom. The normalized spacial score (nSPS) is 14.3. The van der Waals surface area contributed by atoms with Crippen molar-refractivity contribution in [2.45, 2.75) is 6.42 Å². The van der Waals surface area contributed by atoms with Crippen LogP contribution in [-0.4, -0.2) is 61.2 Å². The molecule has 7 nitrogen and oxygen atoms in total. The number of aromatic nitrogens is 2. The number of halogens is 1. The highest BCUT2D eigenvalue weighted by molar-refractivity contribution is 5.79. The van der Waals surface area contributed by atoms with Crippen LogP contribution in [0.5, 0.6) is 11.8 Å². The summed E-state index contributed by atoms with van der Waals surface area (Å²) in [7, 11) is 3.07. The van der Waals surface area contributed by atoms with E-state index in [1.807, 2.05) is 4.90 Å². The summed E-state index contributed by atoms with van der Waals surface area (Å²) >= 11 is 0. The zero-order chi connectivity index (χ0) is 18.5. The molecule has 0 aliphatic carbocycles. The van der Waals surface area contributed by atoms with E-state index in [0.29, 0.717) is 49.5 Å². The van der Waals surface area contributed by atoms with Crippen molar-refractivity contribution in [3.8, 4) is 11.8 Å². The molecule has 0 bridgehead atoms. The number of nitrogens with zero attached hydrogens (tertiary/aromatic N) is 4. The van der Waals surface area contributed by atoms with Gasteiger partial charge in [-0.3, -0.25) is 4.79 Å². The lowest BCUT2D eigenvalue weighted by atomic mass is 10.1. The largest absolute Gasteiger partial charge is 0.481 e. The fraction of sp³-hybridized carbons (Fsp3) is 0.389. The molecule has 1 amide bonds. The van der Waals surface area contributed by atoms with Crippen LogP contribution >= 0.6 is 0 Å². The van der Waals surface area contributed by atoms with Crippen LogP contribution in [0, 0.1) is 5.82 Å². The number of carbonyl (C=O) groups is 1. The van der Waals surface area contributed by atoms with Crippen molar-refractivity contribution >= 4 is 11.9 Å². The topological polar surface area (TPSA) is 67.8 Å². The number of anilines is 1. The molecular formula is C18H21FN4O3. The Morgan fingerprint density at radius 1 is 1.08 bits per heavy atom. The zero-order valence-electron chi connectivity index (χ0n) is 14.8. The van der Waals surface area contributed by atoms with Crippen molar-refractivity contribution in [2.75, 3.05) is 45.3 Å². The van der Waals surface area contributed by atoms with E-state index in [0.717, 1.165) is 0 Å². The molecule has 3 rings (SSSR count). The maximum absolute atomic E-state index is 13.7. The van der Waals surface area contributed by atoms with Gasteiger partial charge in [0.1, 0.15) is 5.82 Å². The molecule has 1 aromatic heterocycles. The van der Waals surface area contributed by atoms with Gasteiger partial charge >= 0.3 is 0 Å². The number of hydrogen-bond donors (Lipinski definition) is 0. The predicted octanol–water partition coefficient (Wildman–Crippen LogP) is 1.52. The lowest BCUT2D eigenvalue weighted by molar-refractivity contribution is -0.130. The van der Waals surface area contributed by atoms with Gasteiger partial charge in [0, 0.05) is 26.2 Å². The number of amides is 1. The molecule has 138 valence electrons. The standard InChI is InChI=1S/C18H21FN4O3/c1-25-15-12-16(26-2)21-18(20-15)23-9-7-22(8-10-23)17(24)11-13-5-3-4-6-14(13)19/h3-6,12H,7-11H2,1-2H3. The van der Waals surface area contributed by atoms with E-state index in [-0.39, 0.29) is 18.1 Å². The van der Waals surface area contributed by atoms with Crippen molar-refractivity contribution in [3.63, 3.8) is 0 Å². The van der Waals surface area contributed by atoms with Crippen LogP contribution in [0.3, 0.4) is 0 Å². The highest BCUT2D eigenvalue weighted by Gasteiger charge is 2.24. The van der Waals surface area contributed by atoms with Gasteiger partial charge in [-0.05, 0) is 11.6 Å². The quantitative estimate of drug-likeness (QED) is 0.805. The number of methoxy groups -OCH3 is 2. The van der Waals surface area contributed by atoms with Gasteiger partial charge < -0.3 is 19.3 Å². The molecule has 1 saturated heterocycles. The molecule has 1 aliphatic heterocycles. The summed E-state index contributed by atoms with van der Waals surface area (Å²) in [4.78, 5) is 24.8. The lowest BCUT2D eigenvalue weighted by Crippen LogP contribution is -2.49. The summed E-state index contributed by atoms with van der Waals surface area (Å²) < 4.78 is 24.1. The smallest absolute Gasteiger partial charge is 0.232 e. The van der Waals surface area contributed by atoms with E-state index in [1.54, 1.807) is 29.2 Å². The summed E-state index contributed by atoms with van der Waals surface area (Å²) in [6.45, 7) is 2.21. The van der Waals surface area contributed by atoms with Crippen LogP contribution < -0.4 is 14.4 Å². The highest BCUT2D eigenvalue weighted by atomic mass is 19.1. The van der Waals surface area contributed by atoms with Gasteiger partial charge in [0.05, 0.1) is 26.7 Å². The number of hydrogen-bond acceptors (Lipinski definition) is 6. The Labute approximate surface area is 151 Å². The lowest BCUT2D eigenvalue weighted by Gasteiger charge is -2.35. The van der Waals surface area contributed by atoms with Gasteiger partial charge in [0.2, 0.25) is 23.6 Å². The molecule has 1 aromatic carbocycles. The van der Waals surface area contributed by atoms with Crippen LogP contribution in [0.15, 0.2) is 30.3 Å². The molecular weight excluding hydrogens is 339 g/mol. The monoisotopic (exact) mass is 360 g/mol. The van der Waals surface area contributed by atoms with Crippen LogP contribution in [0.2, 0.25) is 0 Å². The molecule has 0 saturated carbocycles. The predicted molar refractivity (Wildman–Crippen MR) is 94.0 cm³/mol. The van der Waals surface area contributed by atoms with Crippen molar-refractivity contribution in [1.29, 1.82) is 0 Å². The summed E-state index contributed by atoms with van der Waals surface area (Å²) in [6.07, 6.45) is 0.0656. The maximum atomic E-state index is 13.7. The summed E-state index contributed by atoms with van der Waals surface area (Å²) in [5, 5.41) is 0. The van der Waals surface area contributed by atoms with Gasteiger partial charge in [-0.1, -0.05) is 18.2 Å². The van der Waals surface area contributed by atoms with Crippen LogP contribution in [-0.2, 0) is 11.2 Å². The van der Waals surface area contributed by atoms with E-state index in [1.165, 1.54) is 20.3 Å². The Kier molecular flexibility index (Phi) is 5.50. The van der Waals surface area contributed by atoms with E-state index in [9.17, 15) is 9.18 Å². The van der Waals surface area contributed by atoms with E-state index in [2.05, 4.69) is 9.97 Å². The van der Waals surface area contributed by atoms with Gasteiger partial charge in [0.25, 0.3) is 0 Å². The Bertz CT molecular complexity index is 757. The SMILES string of the molecule is COc1cc(OC)nc(N2CCN(C(=O)Cc3ccccc3F)CC2)n1. The first kappa shape index (κ1) is 17.9. The fourth-order valence-electron chi connectivity index (χ4n) is 2.82. The molecule has 0 radical (unpaired) electrons. The second kappa shape index (κ2) is 7.99. The molecule has 0 N–H and O–H groups in total. The first-order chi connectivity index (χ1) is 12.6. The molecule has 2 heterocycles. The van der Waals surface area contributed by atoms with Gasteiger partial charge in [-0.25, -0.2) is 4.39 Å². The number of rotatable bonds is 5. The summed E-state index contributed by atoms with van der Waals surface area (Å²) in [6, 6.07) is 7.97. The van der Waals surface area contributed by atoms with Crippen LogP contribution in [0.1, 0.15) is 5.56 Å². The van der Waals surface area contributed by atoms with Gasteiger partial charge in [-0.2, -0.15) is 9.97 Å². The molecule has 2 aromatic rings. The van der Waals surface area contributed by atoms with Crippen LogP contribution in [0.25, 0.3) is 0 Å². The van der Waals surface area contributed by atoms with E-state index < -0.39 is 0 Å². The average molecular weight is 360 g/mol. The number of carbonyl (C=O) groups excluding carboxylic acids is 1. The molecule has 0 unspecified atom stereocenters. The third-order valence-corrected chi connectivity index (χ3v) is 4.30. The van der Waals surface area contributed by atoms with Crippen molar-refractivity contribution in [1.82, 2.24) is 14.9 Å². The van der Waals surface area contributed by atoms with Gasteiger partial charge in [-0.15, -0.1) is 0 Å². The maximum Gasteiger partial charge on any atom is 0.232 e. The van der Waals surface area contributed by atoms with E-state index in [4.69, 9.17) is 9.47 Å². The van der Waals surface area contributed by atoms with Crippen molar-refractivity contribution < 1.29 is 18.7 Å². The third-order valence-electron chi connectivity index (χ3n) is 4.30. The zero-order valence-corrected chi connectivity index (χ0v) is 14.8. The minimum absolute atomic E-state index is 0.0656. The number of piperazine rings is 1. The molecule has 0 atom stereocenters. The first-order valence-corrected chi connectivity index (χ1v) is 8.34. The Balaban J connectivity index is 1.62. The fourth-order valence-corrected chi connectivity index (χ4v) is 2.82. The molecule has 1 aliphatic rings. The second-order valence-corrected chi connectivity index (χ2v) is 5.89. The molecule has 0 spiro atoms. The molecule has 1 fully saturated rings. The highest BCUT2D eigenvalue weighted by Crippen LogP contribution is 2.21. The molecule has 8 heteroatoms.